The molecular formula is C23H23ClN4OS. The Morgan fingerprint density at radius 2 is 2.10 bits per heavy atom. The van der Waals surface area contributed by atoms with Crippen molar-refractivity contribution in [2.75, 3.05) is 11.4 Å². The van der Waals surface area contributed by atoms with E-state index in [-0.39, 0.29) is 5.91 Å². The molecule has 0 radical (unpaired) electrons. The predicted octanol–water partition coefficient (Wildman–Crippen LogP) is 5.43. The highest BCUT2D eigenvalue weighted by Crippen LogP contribution is 2.33. The van der Waals surface area contributed by atoms with Crippen molar-refractivity contribution in [1.29, 1.82) is 0 Å². The van der Waals surface area contributed by atoms with Gasteiger partial charge in [0, 0.05) is 25.5 Å². The van der Waals surface area contributed by atoms with Crippen LogP contribution in [0.4, 0.5) is 5.13 Å². The number of rotatable bonds is 7. The Hall–Kier alpha value is -2.70. The van der Waals surface area contributed by atoms with E-state index in [1.165, 1.54) is 16.9 Å². The number of hydrogen-bond acceptors (Lipinski definition) is 4. The summed E-state index contributed by atoms with van der Waals surface area (Å²) in [6.45, 7) is 5.49. The van der Waals surface area contributed by atoms with Crippen LogP contribution in [0.3, 0.4) is 0 Å². The Kier molecular flexibility index (Phi) is 6.16. The Balaban J connectivity index is 1.59. The Labute approximate surface area is 185 Å². The maximum Gasteiger partial charge on any atom is 0.233 e. The monoisotopic (exact) mass is 438 g/mol. The molecule has 0 fully saturated rings. The molecule has 0 saturated heterocycles. The second-order valence-electron chi connectivity index (χ2n) is 7.39. The third-order valence-corrected chi connectivity index (χ3v) is 6.44. The second kappa shape index (κ2) is 8.98. The smallest absolute Gasteiger partial charge is 0.233 e. The number of amides is 1. The molecule has 4 rings (SSSR count). The number of para-hydroxylation sites is 1. The molecule has 0 aliphatic rings. The largest absolute Gasteiger partial charge is 0.337 e. The van der Waals surface area contributed by atoms with Gasteiger partial charge in [-0.2, -0.15) is 0 Å². The normalized spacial score (nSPS) is 11.2. The van der Waals surface area contributed by atoms with Gasteiger partial charge in [-0.15, -0.1) is 0 Å². The molecule has 0 spiro atoms. The number of carbonyl (C=O) groups excluding carboxylic acids is 1. The highest BCUT2D eigenvalue weighted by molar-refractivity contribution is 7.22. The molecule has 7 heteroatoms. The van der Waals surface area contributed by atoms with E-state index in [0.29, 0.717) is 23.1 Å². The molecule has 0 aliphatic carbocycles. The zero-order valence-corrected chi connectivity index (χ0v) is 18.6. The molecule has 0 bridgehead atoms. The molecule has 2 aromatic carbocycles. The summed E-state index contributed by atoms with van der Waals surface area (Å²) in [5.74, 6) is 0.0442. The van der Waals surface area contributed by atoms with Crippen LogP contribution in [0.15, 0.2) is 55.1 Å². The Bertz CT molecular complexity index is 1170. The van der Waals surface area contributed by atoms with Gasteiger partial charge < -0.3 is 4.57 Å². The third kappa shape index (κ3) is 4.55. The van der Waals surface area contributed by atoms with Gasteiger partial charge >= 0.3 is 0 Å². The fourth-order valence-electron chi connectivity index (χ4n) is 3.48. The molecule has 0 atom stereocenters. The van der Waals surface area contributed by atoms with E-state index in [1.807, 2.05) is 35.0 Å². The highest BCUT2D eigenvalue weighted by atomic mass is 35.5. The zero-order chi connectivity index (χ0) is 21.1. The summed E-state index contributed by atoms with van der Waals surface area (Å²) in [6, 6.07) is 11.9. The van der Waals surface area contributed by atoms with Crippen LogP contribution in [0.5, 0.6) is 0 Å². The lowest BCUT2D eigenvalue weighted by Crippen LogP contribution is -2.33. The van der Waals surface area contributed by atoms with Gasteiger partial charge in [0.2, 0.25) is 5.91 Å². The van der Waals surface area contributed by atoms with Gasteiger partial charge in [0.1, 0.15) is 5.52 Å². The topological polar surface area (TPSA) is 51.0 Å². The van der Waals surface area contributed by atoms with E-state index in [0.717, 1.165) is 34.3 Å². The summed E-state index contributed by atoms with van der Waals surface area (Å²) in [5, 5.41) is 1.30. The van der Waals surface area contributed by atoms with Crippen molar-refractivity contribution >= 4 is 44.2 Å². The Morgan fingerprint density at radius 1 is 1.23 bits per heavy atom. The number of fused-ring (bicyclic) bond motifs is 1. The summed E-state index contributed by atoms with van der Waals surface area (Å²) in [6.07, 6.45) is 6.64. The maximum absolute atomic E-state index is 13.3. The molecule has 5 nitrogen and oxygen atoms in total. The standard InChI is InChI=1S/C23H23ClN4OS/c1-16-7-8-18(17(2)13-16)14-21(29)28(11-4-10-27-12-9-25-15-27)23-26-22-19(24)5-3-6-20(22)30-23/h3,5-9,12-13,15H,4,10-11,14H2,1-2H3. The first-order valence-electron chi connectivity index (χ1n) is 9.88. The van der Waals surface area contributed by atoms with Gasteiger partial charge in [-0.05, 0) is 43.5 Å². The lowest BCUT2D eigenvalue weighted by atomic mass is 10.0. The van der Waals surface area contributed by atoms with Crippen molar-refractivity contribution in [2.45, 2.75) is 33.2 Å². The molecule has 2 aromatic heterocycles. The number of nitrogens with zero attached hydrogens (tertiary/aromatic N) is 4. The van der Waals surface area contributed by atoms with Gasteiger partial charge in [0.15, 0.2) is 5.13 Å². The van der Waals surface area contributed by atoms with Gasteiger partial charge in [-0.3, -0.25) is 9.69 Å². The van der Waals surface area contributed by atoms with Crippen LogP contribution < -0.4 is 4.90 Å². The van der Waals surface area contributed by atoms with Crippen LogP contribution in [0.25, 0.3) is 10.2 Å². The zero-order valence-electron chi connectivity index (χ0n) is 17.0. The van der Waals surface area contributed by atoms with Crippen LogP contribution >= 0.6 is 22.9 Å². The van der Waals surface area contributed by atoms with Crippen molar-refractivity contribution in [1.82, 2.24) is 14.5 Å². The van der Waals surface area contributed by atoms with Crippen molar-refractivity contribution in [3.63, 3.8) is 0 Å². The summed E-state index contributed by atoms with van der Waals surface area (Å²) >= 11 is 7.83. The lowest BCUT2D eigenvalue weighted by molar-refractivity contribution is -0.118. The molecule has 0 saturated carbocycles. The van der Waals surface area contributed by atoms with E-state index in [4.69, 9.17) is 16.6 Å². The number of benzene rings is 2. The second-order valence-corrected chi connectivity index (χ2v) is 8.81. The number of aryl methyl sites for hydroxylation is 3. The molecule has 154 valence electrons. The van der Waals surface area contributed by atoms with Crippen molar-refractivity contribution < 1.29 is 4.79 Å². The first kappa shape index (κ1) is 20.6. The molecular weight excluding hydrogens is 416 g/mol. The average Bonchev–Trinajstić information content (AvgIpc) is 3.37. The van der Waals surface area contributed by atoms with Gasteiger partial charge in [0.05, 0.1) is 22.5 Å². The van der Waals surface area contributed by atoms with Crippen molar-refractivity contribution in [2.24, 2.45) is 0 Å². The fourth-order valence-corrected chi connectivity index (χ4v) is 4.79. The predicted molar refractivity (Wildman–Crippen MR) is 123 cm³/mol. The lowest BCUT2D eigenvalue weighted by Gasteiger charge is -2.20. The molecule has 0 unspecified atom stereocenters. The van der Waals surface area contributed by atoms with E-state index >= 15 is 0 Å². The van der Waals surface area contributed by atoms with Gasteiger partial charge in [0.25, 0.3) is 0 Å². The number of thiazole rings is 1. The van der Waals surface area contributed by atoms with Crippen LogP contribution in [0, 0.1) is 13.8 Å². The summed E-state index contributed by atoms with van der Waals surface area (Å²) in [4.78, 5) is 23.9. The van der Waals surface area contributed by atoms with E-state index < -0.39 is 0 Å². The number of carbonyl (C=O) groups is 1. The quantitative estimate of drug-likeness (QED) is 0.386. The minimum absolute atomic E-state index is 0.0442. The van der Waals surface area contributed by atoms with Crippen molar-refractivity contribution in [3.8, 4) is 0 Å². The first-order valence-corrected chi connectivity index (χ1v) is 11.1. The Morgan fingerprint density at radius 3 is 2.83 bits per heavy atom. The molecule has 0 N–H and O–H groups in total. The van der Waals surface area contributed by atoms with Gasteiger partial charge in [-0.25, -0.2) is 9.97 Å². The molecule has 2 heterocycles. The first-order chi connectivity index (χ1) is 14.5. The van der Waals surface area contributed by atoms with Crippen LogP contribution in [-0.4, -0.2) is 27.0 Å². The number of aromatic nitrogens is 3. The minimum Gasteiger partial charge on any atom is -0.337 e. The highest BCUT2D eigenvalue weighted by Gasteiger charge is 2.21. The van der Waals surface area contributed by atoms with Crippen LogP contribution in [0.2, 0.25) is 5.02 Å². The fraction of sp³-hybridized carbons (Fsp3) is 0.261. The third-order valence-electron chi connectivity index (χ3n) is 5.09. The molecule has 30 heavy (non-hydrogen) atoms. The molecule has 4 aromatic rings. The minimum atomic E-state index is 0.0442. The number of anilines is 1. The van der Waals surface area contributed by atoms with Gasteiger partial charge in [-0.1, -0.05) is 52.8 Å². The molecule has 1 amide bonds. The summed E-state index contributed by atoms with van der Waals surface area (Å²) in [7, 11) is 0. The molecule has 0 aliphatic heterocycles. The van der Waals surface area contributed by atoms with E-state index in [2.05, 4.69) is 31.0 Å². The average molecular weight is 439 g/mol. The van der Waals surface area contributed by atoms with E-state index in [9.17, 15) is 4.79 Å². The number of imidazole rings is 1. The maximum atomic E-state index is 13.3. The van der Waals surface area contributed by atoms with Crippen LogP contribution in [0.1, 0.15) is 23.1 Å². The van der Waals surface area contributed by atoms with Crippen LogP contribution in [-0.2, 0) is 17.8 Å². The number of hydrogen-bond donors (Lipinski definition) is 0. The summed E-state index contributed by atoms with van der Waals surface area (Å²) < 4.78 is 3.00. The SMILES string of the molecule is Cc1ccc(CC(=O)N(CCCn2ccnc2)c2nc3c(Cl)cccc3s2)c(C)c1. The summed E-state index contributed by atoms with van der Waals surface area (Å²) in [5.41, 5.74) is 4.12. The van der Waals surface area contributed by atoms with E-state index in [1.54, 1.807) is 17.4 Å². The van der Waals surface area contributed by atoms with Crippen molar-refractivity contribution in [3.05, 3.63) is 76.8 Å². The number of halogens is 1.